The number of hydrogen-bond donors (Lipinski definition) is 0. The molecule has 1 aromatic carbocycles. The van der Waals surface area contributed by atoms with E-state index in [0.29, 0.717) is 0 Å². The van der Waals surface area contributed by atoms with Gasteiger partial charge in [0.2, 0.25) is 0 Å². The molecule has 0 radical (unpaired) electrons. The summed E-state index contributed by atoms with van der Waals surface area (Å²) in [5.74, 6) is 0.845. The van der Waals surface area contributed by atoms with E-state index in [4.69, 9.17) is 0 Å². The molecule has 0 amide bonds. The molecule has 2 nitrogen and oxygen atoms in total. The molecular formula is C26H40N2. The topological polar surface area (TPSA) is 25.8 Å². The Kier molecular flexibility index (Phi) is 11.6. The first-order valence-electron chi connectivity index (χ1n) is 11.7. The van der Waals surface area contributed by atoms with Gasteiger partial charge in [-0.3, -0.25) is 0 Å². The van der Waals surface area contributed by atoms with Crippen LogP contribution in [0, 0.1) is 0 Å². The lowest BCUT2D eigenvalue weighted by Gasteiger charge is -2.05. The van der Waals surface area contributed by atoms with Crippen molar-refractivity contribution >= 4 is 0 Å². The van der Waals surface area contributed by atoms with Crippen LogP contribution in [0.5, 0.6) is 0 Å². The third-order valence-corrected chi connectivity index (χ3v) is 5.56. The molecule has 2 heteroatoms. The largest absolute Gasteiger partial charge is 0.236 e. The van der Waals surface area contributed by atoms with Crippen molar-refractivity contribution < 1.29 is 0 Å². The fourth-order valence-corrected chi connectivity index (χ4v) is 3.67. The summed E-state index contributed by atoms with van der Waals surface area (Å²) in [6.45, 7) is 4.54. The van der Waals surface area contributed by atoms with Crippen LogP contribution in [-0.4, -0.2) is 9.97 Å². The molecule has 0 aliphatic rings. The zero-order valence-corrected chi connectivity index (χ0v) is 18.3. The molecule has 0 aliphatic heterocycles. The van der Waals surface area contributed by atoms with Crippen molar-refractivity contribution in [3.8, 4) is 11.4 Å². The van der Waals surface area contributed by atoms with Crippen LogP contribution in [0.3, 0.4) is 0 Å². The summed E-state index contributed by atoms with van der Waals surface area (Å²) in [7, 11) is 0. The molecule has 0 bridgehead atoms. The van der Waals surface area contributed by atoms with Gasteiger partial charge in [-0.15, -0.1) is 0 Å². The number of aromatic nitrogens is 2. The number of unbranched alkanes of at least 4 members (excludes halogenated alkanes) is 10. The van der Waals surface area contributed by atoms with Crippen LogP contribution in [0.15, 0.2) is 36.7 Å². The van der Waals surface area contributed by atoms with Gasteiger partial charge < -0.3 is 0 Å². The van der Waals surface area contributed by atoms with Crippen LogP contribution >= 0.6 is 0 Å². The minimum atomic E-state index is 0.845. The van der Waals surface area contributed by atoms with Crippen LogP contribution < -0.4 is 0 Å². The molecule has 0 saturated heterocycles. The maximum atomic E-state index is 4.60. The Labute approximate surface area is 173 Å². The second kappa shape index (κ2) is 14.3. The smallest absolute Gasteiger partial charge is 0.159 e. The molecule has 2 aromatic rings. The molecule has 2 rings (SSSR count). The Hall–Kier alpha value is -1.70. The number of aryl methyl sites for hydroxylation is 2. The van der Waals surface area contributed by atoms with Crippen molar-refractivity contribution in [2.45, 2.75) is 104 Å². The molecular weight excluding hydrogens is 340 g/mol. The maximum absolute atomic E-state index is 4.60. The summed E-state index contributed by atoms with van der Waals surface area (Å²) in [5.41, 5.74) is 3.81. The van der Waals surface area contributed by atoms with Gasteiger partial charge in [0, 0.05) is 18.0 Å². The van der Waals surface area contributed by atoms with Crippen molar-refractivity contribution in [1.82, 2.24) is 9.97 Å². The highest BCUT2D eigenvalue weighted by Gasteiger charge is 2.03. The Bertz CT molecular complexity index is 616. The lowest BCUT2D eigenvalue weighted by atomic mass is 10.0. The monoisotopic (exact) mass is 380 g/mol. The minimum absolute atomic E-state index is 0.845. The van der Waals surface area contributed by atoms with Gasteiger partial charge in [0.25, 0.3) is 0 Å². The second-order valence-corrected chi connectivity index (χ2v) is 8.15. The van der Waals surface area contributed by atoms with Gasteiger partial charge in [0.05, 0.1) is 0 Å². The van der Waals surface area contributed by atoms with Gasteiger partial charge >= 0.3 is 0 Å². The van der Waals surface area contributed by atoms with E-state index < -0.39 is 0 Å². The van der Waals surface area contributed by atoms with Crippen LogP contribution in [-0.2, 0) is 12.8 Å². The highest BCUT2D eigenvalue weighted by molar-refractivity contribution is 5.55. The van der Waals surface area contributed by atoms with Gasteiger partial charge in [-0.05, 0) is 36.8 Å². The zero-order chi connectivity index (χ0) is 19.9. The van der Waals surface area contributed by atoms with E-state index in [1.807, 2.05) is 12.4 Å². The molecule has 0 unspecified atom stereocenters. The Morgan fingerprint density at radius 2 is 1.00 bits per heavy atom. The van der Waals surface area contributed by atoms with Crippen molar-refractivity contribution in [3.05, 3.63) is 47.8 Å². The summed E-state index contributed by atoms with van der Waals surface area (Å²) in [4.78, 5) is 9.21. The fraction of sp³-hybridized carbons (Fsp3) is 0.615. The molecule has 0 aliphatic carbocycles. The molecule has 0 spiro atoms. The molecule has 28 heavy (non-hydrogen) atoms. The van der Waals surface area contributed by atoms with E-state index in [1.165, 1.54) is 94.6 Å². The third-order valence-electron chi connectivity index (χ3n) is 5.56. The molecule has 0 saturated carbocycles. The van der Waals surface area contributed by atoms with E-state index in [1.54, 1.807) is 0 Å². The molecule has 0 N–H and O–H groups in total. The van der Waals surface area contributed by atoms with Crippen molar-refractivity contribution in [2.24, 2.45) is 0 Å². The van der Waals surface area contributed by atoms with E-state index in [2.05, 4.69) is 48.1 Å². The standard InChI is InChI=1S/C26H40N2/c1-3-5-7-9-10-11-12-14-16-24-21-27-26(28-22-24)25-19-17-23(18-20-25)15-13-8-6-4-2/h17-22H,3-16H2,1-2H3. The summed E-state index contributed by atoms with van der Waals surface area (Å²) in [6, 6.07) is 8.81. The lowest BCUT2D eigenvalue weighted by Crippen LogP contribution is -1.94. The fourth-order valence-electron chi connectivity index (χ4n) is 3.67. The average molecular weight is 381 g/mol. The van der Waals surface area contributed by atoms with Crippen LogP contribution in [0.4, 0.5) is 0 Å². The Balaban J connectivity index is 1.68. The quantitative estimate of drug-likeness (QED) is 0.293. The minimum Gasteiger partial charge on any atom is -0.236 e. The zero-order valence-electron chi connectivity index (χ0n) is 18.3. The SMILES string of the molecule is CCCCCCCCCCc1cnc(-c2ccc(CCCCCC)cc2)nc1. The van der Waals surface area contributed by atoms with Gasteiger partial charge in [-0.1, -0.05) is 102 Å². The average Bonchev–Trinajstić information content (AvgIpc) is 2.74. The van der Waals surface area contributed by atoms with Crippen molar-refractivity contribution in [3.63, 3.8) is 0 Å². The van der Waals surface area contributed by atoms with E-state index >= 15 is 0 Å². The number of hydrogen-bond acceptors (Lipinski definition) is 2. The first-order chi connectivity index (χ1) is 13.8. The summed E-state index contributed by atoms with van der Waals surface area (Å²) < 4.78 is 0. The molecule has 0 atom stereocenters. The van der Waals surface area contributed by atoms with Gasteiger partial charge in [0.1, 0.15) is 0 Å². The van der Waals surface area contributed by atoms with E-state index in [0.717, 1.165) is 17.8 Å². The molecule has 1 heterocycles. The second-order valence-electron chi connectivity index (χ2n) is 8.15. The van der Waals surface area contributed by atoms with Crippen molar-refractivity contribution in [2.75, 3.05) is 0 Å². The highest BCUT2D eigenvalue weighted by Crippen LogP contribution is 2.18. The number of nitrogens with zero attached hydrogens (tertiary/aromatic N) is 2. The molecule has 154 valence electrons. The Morgan fingerprint density at radius 3 is 1.57 bits per heavy atom. The van der Waals surface area contributed by atoms with Crippen LogP contribution in [0.2, 0.25) is 0 Å². The first kappa shape index (κ1) is 22.6. The number of rotatable bonds is 15. The predicted octanol–water partition coefficient (Wildman–Crippen LogP) is 7.95. The summed E-state index contributed by atoms with van der Waals surface area (Å²) >= 11 is 0. The van der Waals surface area contributed by atoms with E-state index in [9.17, 15) is 0 Å². The van der Waals surface area contributed by atoms with Gasteiger partial charge in [-0.2, -0.15) is 0 Å². The van der Waals surface area contributed by atoms with Crippen molar-refractivity contribution in [1.29, 1.82) is 0 Å². The highest BCUT2D eigenvalue weighted by atomic mass is 14.9. The maximum Gasteiger partial charge on any atom is 0.159 e. The normalized spacial score (nSPS) is 11.1. The van der Waals surface area contributed by atoms with Crippen LogP contribution in [0.25, 0.3) is 11.4 Å². The van der Waals surface area contributed by atoms with Gasteiger partial charge in [-0.25, -0.2) is 9.97 Å². The third kappa shape index (κ3) is 8.99. The Morgan fingerprint density at radius 1 is 0.536 bits per heavy atom. The molecule has 1 aromatic heterocycles. The van der Waals surface area contributed by atoms with Crippen LogP contribution in [0.1, 0.15) is 102 Å². The summed E-state index contributed by atoms with van der Waals surface area (Å²) in [5, 5.41) is 0. The first-order valence-corrected chi connectivity index (χ1v) is 11.7. The van der Waals surface area contributed by atoms with Gasteiger partial charge in [0.15, 0.2) is 5.82 Å². The summed E-state index contributed by atoms with van der Waals surface area (Å²) in [6.07, 6.45) is 22.5. The molecule has 0 fully saturated rings. The number of benzene rings is 1. The lowest BCUT2D eigenvalue weighted by molar-refractivity contribution is 0.575. The predicted molar refractivity (Wildman–Crippen MR) is 122 cm³/mol. The van der Waals surface area contributed by atoms with E-state index in [-0.39, 0.29) is 0 Å².